The van der Waals surface area contributed by atoms with Crippen LogP contribution in [-0.4, -0.2) is 64.8 Å². The molecule has 1 aromatic carbocycles. The molecule has 11 heteroatoms. The molecule has 1 atom stereocenters. The minimum atomic E-state index is -5.08. The van der Waals surface area contributed by atoms with Crippen molar-refractivity contribution in [3.05, 3.63) is 59.5 Å². The van der Waals surface area contributed by atoms with E-state index in [4.69, 9.17) is 14.3 Å². The van der Waals surface area contributed by atoms with Crippen molar-refractivity contribution in [1.82, 2.24) is 10.2 Å². The molecule has 1 aromatic heterocycles. The molecule has 1 unspecified atom stereocenters. The number of rotatable bonds is 7. The van der Waals surface area contributed by atoms with Crippen molar-refractivity contribution in [1.29, 1.82) is 0 Å². The van der Waals surface area contributed by atoms with Gasteiger partial charge in [0.25, 0.3) is 5.91 Å². The van der Waals surface area contributed by atoms with E-state index in [0.717, 1.165) is 25.1 Å². The number of nitrogens with zero attached hydrogens (tertiary/aromatic N) is 1. The number of amides is 1. The molecule has 8 nitrogen and oxygen atoms in total. The van der Waals surface area contributed by atoms with Gasteiger partial charge in [0.15, 0.2) is 5.76 Å². The summed E-state index contributed by atoms with van der Waals surface area (Å²) in [6, 6.07) is 13.6. The molecular formula is C23H27F3N2O6. The van der Waals surface area contributed by atoms with Crippen LogP contribution < -0.4 is 5.32 Å². The number of hydrogen-bond donors (Lipinski definition) is 3. The minimum absolute atomic E-state index is 0.0926. The van der Waals surface area contributed by atoms with Crippen molar-refractivity contribution in [3.63, 3.8) is 0 Å². The van der Waals surface area contributed by atoms with Gasteiger partial charge in [-0.2, -0.15) is 13.2 Å². The number of aliphatic carboxylic acids is 2. The Hall–Kier alpha value is -3.34. The number of likely N-dealkylation sites (tertiary alicyclic amines) is 1. The van der Waals surface area contributed by atoms with Gasteiger partial charge in [0.05, 0.1) is 12.0 Å². The third-order valence-electron chi connectivity index (χ3n) is 5.27. The summed E-state index contributed by atoms with van der Waals surface area (Å²) in [6.07, 6.45) is -2.13. The van der Waals surface area contributed by atoms with E-state index in [1.165, 1.54) is 5.56 Å². The van der Waals surface area contributed by atoms with Gasteiger partial charge in [-0.1, -0.05) is 30.3 Å². The van der Waals surface area contributed by atoms with Crippen molar-refractivity contribution < 1.29 is 42.2 Å². The molecule has 0 aliphatic carbocycles. The van der Waals surface area contributed by atoms with Crippen LogP contribution in [0.25, 0.3) is 0 Å². The van der Waals surface area contributed by atoms with E-state index in [-0.39, 0.29) is 18.1 Å². The summed E-state index contributed by atoms with van der Waals surface area (Å²) in [5, 5.41) is 19.4. The quantitative estimate of drug-likeness (QED) is 0.551. The topological polar surface area (TPSA) is 120 Å². The summed E-state index contributed by atoms with van der Waals surface area (Å²) in [6.45, 7) is 1.42. The molecule has 1 saturated heterocycles. The Morgan fingerprint density at radius 2 is 1.74 bits per heavy atom. The zero-order valence-electron chi connectivity index (χ0n) is 18.6. The maximum atomic E-state index is 12.7. The first kappa shape index (κ1) is 26.9. The molecule has 1 aliphatic heterocycles. The Morgan fingerprint density at radius 1 is 1.09 bits per heavy atom. The molecule has 186 valence electrons. The highest BCUT2D eigenvalue weighted by Gasteiger charge is 2.39. The second-order valence-corrected chi connectivity index (χ2v) is 8.20. The van der Waals surface area contributed by atoms with Crippen molar-refractivity contribution in [2.45, 2.75) is 43.8 Å². The van der Waals surface area contributed by atoms with Gasteiger partial charge >= 0.3 is 18.1 Å². The average molecular weight is 484 g/mol. The molecule has 0 radical (unpaired) electrons. The Labute approximate surface area is 194 Å². The number of benzene rings is 1. The first-order valence-electron chi connectivity index (χ1n) is 10.6. The fourth-order valence-electron chi connectivity index (χ4n) is 3.79. The lowest BCUT2D eigenvalue weighted by Crippen LogP contribution is -2.58. The zero-order valence-corrected chi connectivity index (χ0v) is 18.6. The molecule has 1 fully saturated rings. The van der Waals surface area contributed by atoms with E-state index < -0.39 is 23.7 Å². The summed E-state index contributed by atoms with van der Waals surface area (Å²) < 4.78 is 37.4. The lowest BCUT2D eigenvalue weighted by Gasteiger charge is -2.41. The highest BCUT2D eigenvalue weighted by molar-refractivity contribution is 5.92. The smallest absolute Gasteiger partial charge is 0.481 e. The van der Waals surface area contributed by atoms with Gasteiger partial charge in [0, 0.05) is 13.0 Å². The van der Waals surface area contributed by atoms with Crippen LogP contribution in [0.15, 0.2) is 46.9 Å². The van der Waals surface area contributed by atoms with Crippen molar-refractivity contribution >= 4 is 17.8 Å². The standard InChI is InChI=1S/C21H26N2O4.C2HF3O2/c1-23-13-5-12-21(15-23,14-19(24)25)22-20(26)18-11-10-17(27-18)9-8-16-6-3-2-4-7-16;3-2(4,5)1(6)7/h2-4,6-7,10-11H,5,8-9,12-15H2,1H3,(H,22,26)(H,24,25);(H,6,7). The maximum absolute atomic E-state index is 12.7. The van der Waals surface area contributed by atoms with Crippen LogP contribution in [0.3, 0.4) is 0 Å². The van der Waals surface area contributed by atoms with Crippen molar-refractivity contribution in [3.8, 4) is 0 Å². The maximum Gasteiger partial charge on any atom is 0.490 e. The largest absolute Gasteiger partial charge is 0.490 e. The number of likely N-dealkylation sites (N-methyl/N-ethyl adjacent to an activating group) is 1. The molecular weight excluding hydrogens is 457 g/mol. The highest BCUT2D eigenvalue weighted by Crippen LogP contribution is 2.25. The van der Waals surface area contributed by atoms with E-state index in [1.54, 1.807) is 6.07 Å². The lowest BCUT2D eigenvalue weighted by molar-refractivity contribution is -0.192. The number of carboxylic acid groups (broad SMARTS) is 2. The number of aryl methyl sites for hydroxylation is 2. The first-order valence-corrected chi connectivity index (χ1v) is 10.6. The molecule has 2 heterocycles. The van der Waals surface area contributed by atoms with Crippen LogP contribution in [0, 0.1) is 0 Å². The molecule has 0 spiro atoms. The van der Waals surface area contributed by atoms with E-state index in [1.807, 2.05) is 31.3 Å². The van der Waals surface area contributed by atoms with Gasteiger partial charge in [-0.05, 0) is 50.6 Å². The van der Waals surface area contributed by atoms with Crippen molar-refractivity contribution in [2.24, 2.45) is 0 Å². The number of carbonyl (C=O) groups excluding carboxylic acids is 1. The number of nitrogens with one attached hydrogen (secondary N) is 1. The van der Waals surface area contributed by atoms with Gasteiger partial charge in [0.1, 0.15) is 5.76 Å². The van der Waals surface area contributed by atoms with Gasteiger partial charge in [-0.3, -0.25) is 9.59 Å². The third-order valence-corrected chi connectivity index (χ3v) is 5.27. The first-order chi connectivity index (χ1) is 15.9. The summed E-state index contributed by atoms with van der Waals surface area (Å²) in [5.41, 5.74) is 0.456. The fraction of sp³-hybridized carbons (Fsp3) is 0.435. The lowest BCUT2D eigenvalue weighted by atomic mass is 9.85. The fourth-order valence-corrected chi connectivity index (χ4v) is 3.79. The molecule has 3 N–H and O–H groups in total. The molecule has 34 heavy (non-hydrogen) atoms. The normalized spacial score (nSPS) is 18.5. The predicted octanol–water partition coefficient (Wildman–Crippen LogP) is 3.37. The summed E-state index contributed by atoms with van der Waals surface area (Å²) in [7, 11) is 1.94. The number of halogens is 3. The van der Waals surface area contributed by atoms with Crippen LogP contribution in [0.1, 0.15) is 41.1 Å². The molecule has 3 rings (SSSR count). The summed E-state index contributed by atoms with van der Waals surface area (Å²) in [4.78, 5) is 35.0. The third kappa shape index (κ3) is 8.54. The summed E-state index contributed by atoms with van der Waals surface area (Å²) >= 11 is 0. The Kier molecular flexibility index (Phi) is 9.25. The van der Waals surface area contributed by atoms with Crippen molar-refractivity contribution in [2.75, 3.05) is 20.1 Å². The van der Waals surface area contributed by atoms with Gasteiger partial charge in [-0.25, -0.2) is 4.79 Å². The average Bonchev–Trinajstić information content (AvgIpc) is 3.21. The SMILES string of the molecule is CN1CCCC(CC(=O)O)(NC(=O)c2ccc(CCc3ccccc3)o2)C1.O=C(O)C(F)(F)F. The van der Waals surface area contributed by atoms with Crippen LogP contribution in [0.4, 0.5) is 13.2 Å². The van der Waals surface area contributed by atoms with E-state index in [0.29, 0.717) is 19.4 Å². The van der Waals surface area contributed by atoms with Crippen LogP contribution in [0.2, 0.25) is 0 Å². The Morgan fingerprint density at radius 3 is 2.29 bits per heavy atom. The summed E-state index contributed by atoms with van der Waals surface area (Å²) in [5.74, 6) is -3.04. The van der Waals surface area contributed by atoms with Crippen LogP contribution >= 0.6 is 0 Å². The predicted molar refractivity (Wildman–Crippen MR) is 115 cm³/mol. The van der Waals surface area contributed by atoms with Gasteiger partial charge in [0.2, 0.25) is 0 Å². The number of alkyl halides is 3. The van der Waals surface area contributed by atoms with E-state index >= 15 is 0 Å². The van der Waals surface area contributed by atoms with Crippen LogP contribution in [-0.2, 0) is 22.4 Å². The number of piperidine rings is 1. The second-order valence-electron chi connectivity index (χ2n) is 8.20. The zero-order chi connectivity index (χ0) is 25.4. The van der Waals surface area contributed by atoms with E-state index in [9.17, 15) is 27.9 Å². The van der Waals surface area contributed by atoms with E-state index in [2.05, 4.69) is 22.3 Å². The second kappa shape index (κ2) is 11.7. The monoisotopic (exact) mass is 484 g/mol. The number of furan rings is 1. The van der Waals surface area contributed by atoms with Gasteiger partial charge < -0.3 is 24.8 Å². The highest BCUT2D eigenvalue weighted by atomic mass is 19.4. The Bertz CT molecular complexity index is 977. The Balaban J connectivity index is 0.000000509. The number of carbonyl (C=O) groups is 3. The molecule has 0 saturated carbocycles. The number of hydrogen-bond acceptors (Lipinski definition) is 5. The molecule has 1 aliphatic rings. The molecule has 1 amide bonds. The molecule has 0 bridgehead atoms. The van der Waals surface area contributed by atoms with Gasteiger partial charge in [-0.15, -0.1) is 0 Å². The molecule has 2 aromatic rings. The number of carboxylic acids is 2. The van der Waals surface area contributed by atoms with Crippen LogP contribution in [0.5, 0.6) is 0 Å². The minimum Gasteiger partial charge on any atom is -0.481 e.